The third-order valence-electron chi connectivity index (χ3n) is 6.40. The van der Waals surface area contributed by atoms with E-state index in [0.29, 0.717) is 0 Å². The molecule has 0 spiro atoms. The minimum atomic E-state index is -1.17. The molecule has 0 bridgehead atoms. The van der Waals surface area contributed by atoms with Gasteiger partial charge in [-0.05, 0) is 62.1 Å². The quantitative estimate of drug-likeness (QED) is 0.579. The van der Waals surface area contributed by atoms with Crippen LogP contribution in [0.2, 0.25) is 0 Å². The number of allylic oxidation sites excluding steroid dienone is 2. The van der Waals surface area contributed by atoms with Gasteiger partial charge in [-0.25, -0.2) is 4.79 Å². The summed E-state index contributed by atoms with van der Waals surface area (Å²) in [5.41, 5.74) is 7.67. The van der Waals surface area contributed by atoms with Gasteiger partial charge in [0, 0.05) is 30.4 Å². The van der Waals surface area contributed by atoms with Crippen LogP contribution in [-0.2, 0) is 6.42 Å². The number of benzene rings is 1. The zero-order chi connectivity index (χ0) is 21.2. The highest BCUT2D eigenvalue weighted by Crippen LogP contribution is 2.52. The maximum absolute atomic E-state index is 12.6. The summed E-state index contributed by atoms with van der Waals surface area (Å²) in [6, 6.07) is 10.2. The number of aromatic carboxylic acids is 1. The number of carboxylic acids is 1. The summed E-state index contributed by atoms with van der Waals surface area (Å²) in [4.78, 5) is 24.2. The summed E-state index contributed by atoms with van der Waals surface area (Å²) >= 11 is 1.69. The fourth-order valence-electron chi connectivity index (χ4n) is 4.90. The highest BCUT2D eigenvalue weighted by atomic mass is 32.1. The van der Waals surface area contributed by atoms with Crippen molar-refractivity contribution in [3.8, 4) is 11.1 Å². The second-order valence-electron chi connectivity index (χ2n) is 9.21. The van der Waals surface area contributed by atoms with Crippen LogP contribution in [0.1, 0.15) is 60.4 Å². The van der Waals surface area contributed by atoms with Crippen molar-refractivity contribution in [1.29, 1.82) is 0 Å². The molecule has 1 aliphatic heterocycles. The van der Waals surface area contributed by atoms with Gasteiger partial charge in [0.1, 0.15) is 5.56 Å². The molecule has 2 aliphatic rings. The zero-order valence-corrected chi connectivity index (χ0v) is 18.0. The minimum absolute atomic E-state index is 0.0701. The average Bonchev–Trinajstić information content (AvgIpc) is 3.33. The van der Waals surface area contributed by atoms with E-state index in [1.54, 1.807) is 17.5 Å². The van der Waals surface area contributed by atoms with Crippen LogP contribution in [-0.4, -0.2) is 15.6 Å². The van der Waals surface area contributed by atoms with Crippen molar-refractivity contribution in [2.45, 2.75) is 39.7 Å². The molecule has 5 heteroatoms. The van der Waals surface area contributed by atoms with Crippen LogP contribution in [0.4, 0.5) is 0 Å². The van der Waals surface area contributed by atoms with Crippen molar-refractivity contribution in [1.82, 2.24) is 4.57 Å². The lowest BCUT2D eigenvalue weighted by atomic mass is 9.78. The van der Waals surface area contributed by atoms with E-state index in [0.717, 1.165) is 24.1 Å². The normalized spacial score (nSPS) is 17.5. The smallest absolute Gasteiger partial charge is 0.341 e. The Morgan fingerprint density at radius 1 is 1.17 bits per heavy atom. The first-order valence-corrected chi connectivity index (χ1v) is 11.1. The fraction of sp³-hybridized carbons (Fsp3) is 0.280. The van der Waals surface area contributed by atoms with Crippen molar-refractivity contribution >= 4 is 28.5 Å². The Hall–Kier alpha value is -2.92. The Morgan fingerprint density at radius 3 is 2.60 bits per heavy atom. The Balaban J connectivity index is 1.73. The number of hydrogen-bond acceptors (Lipinski definition) is 3. The predicted octanol–water partition coefficient (Wildman–Crippen LogP) is 5.73. The molecular weight excluding hydrogens is 394 g/mol. The molecule has 2 aromatic heterocycles. The average molecular weight is 418 g/mol. The lowest BCUT2D eigenvalue weighted by Gasteiger charge is -2.39. The van der Waals surface area contributed by atoms with E-state index >= 15 is 0 Å². The molecule has 30 heavy (non-hydrogen) atoms. The first-order valence-electron chi connectivity index (χ1n) is 10.1. The maximum Gasteiger partial charge on any atom is 0.341 e. The molecule has 0 saturated heterocycles. The summed E-state index contributed by atoms with van der Waals surface area (Å²) in [6.45, 7) is 6.51. The second-order valence-corrected chi connectivity index (χ2v) is 9.99. The van der Waals surface area contributed by atoms with Crippen molar-refractivity contribution in [2.75, 3.05) is 0 Å². The highest BCUT2D eigenvalue weighted by Gasteiger charge is 2.38. The molecule has 0 amide bonds. The van der Waals surface area contributed by atoms with Gasteiger partial charge in [-0.2, -0.15) is 11.3 Å². The standard InChI is InChI=1S/C25H23NO3S/c1-25(2,3)23-10-18-16-6-4-5-15(14-7-8-30-13-14)17(16)9-19(18)21-11-22(27)20(24(28)29)12-26(21)23/h4-8,11-13,23H,9-10H2,1-3H3,(H,28,29)/t23-/m0/s1. The van der Waals surface area contributed by atoms with Gasteiger partial charge in [0.2, 0.25) is 0 Å². The van der Waals surface area contributed by atoms with Crippen LogP contribution < -0.4 is 5.43 Å². The molecule has 0 saturated carbocycles. The maximum atomic E-state index is 12.6. The lowest BCUT2D eigenvalue weighted by Crippen LogP contribution is -2.32. The van der Waals surface area contributed by atoms with Gasteiger partial charge >= 0.3 is 5.97 Å². The molecular formula is C25H23NO3S. The molecule has 1 atom stereocenters. The first kappa shape index (κ1) is 19.1. The minimum Gasteiger partial charge on any atom is -0.477 e. The van der Waals surface area contributed by atoms with E-state index in [4.69, 9.17) is 0 Å². The van der Waals surface area contributed by atoms with E-state index in [1.807, 2.05) is 4.57 Å². The van der Waals surface area contributed by atoms with Crippen LogP contribution >= 0.6 is 11.3 Å². The van der Waals surface area contributed by atoms with Gasteiger partial charge in [0.25, 0.3) is 0 Å². The monoisotopic (exact) mass is 417 g/mol. The van der Waals surface area contributed by atoms with E-state index in [2.05, 4.69) is 55.8 Å². The van der Waals surface area contributed by atoms with Crippen LogP contribution in [0.15, 0.2) is 52.1 Å². The molecule has 3 aromatic rings. The van der Waals surface area contributed by atoms with Crippen molar-refractivity contribution in [3.63, 3.8) is 0 Å². The van der Waals surface area contributed by atoms with Gasteiger partial charge < -0.3 is 9.67 Å². The van der Waals surface area contributed by atoms with Crippen LogP contribution in [0.25, 0.3) is 22.3 Å². The van der Waals surface area contributed by atoms with Gasteiger partial charge in [0.15, 0.2) is 5.43 Å². The topological polar surface area (TPSA) is 59.3 Å². The molecule has 0 radical (unpaired) electrons. The Labute approximate surface area is 179 Å². The molecule has 0 unspecified atom stereocenters. The number of fused-ring (bicyclic) bond motifs is 4. The summed E-state index contributed by atoms with van der Waals surface area (Å²) in [5.74, 6) is -1.17. The third kappa shape index (κ3) is 2.80. The van der Waals surface area contributed by atoms with Gasteiger partial charge in [0.05, 0.1) is 0 Å². The summed E-state index contributed by atoms with van der Waals surface area (Å²) in [7, 11) is 0. The van der Waals surface area contributed by atoms with E-state index in [-0.39, 0.29) is 17.0 Å². The van der Waals surface area contributed by atoms with E-state index < -0.39 is 11.4 Å². The first-order chi connectivity index (χ1) is 14.3. The highest BCUT2D eigenvalue weighted by molar-refractivity contribution is 7.08. The number of carbonyl (C=O) groups is 1. The van der Waals surface area contributed by atoms with Crippen molar-refractivity contribution in [2.24, 2.45) is 5.41 Å². The molecule has 1 aliphatic carbocycles. The zero-order valence-electron chi connectivity index (χ0n) is 17.2. The number of thiophene rings is 1. The molecule has 152 valence electrons. The molecule has 1 N–H and O–H groups in total. The summed E-state index contributed by atoms with van der Waals surface area (Å²) in [6.07, 6.45) is 3.15. The molecule has 5 rings (SSSR count). The van der Waals surface area contributed by atoms with Crippen molar-refractivity contribution < 1.29 is 9.90 Å². The Bertz CT molecular complexity index is 1270. The molecule has 3 heterocycles. The van der Waals surface area contributed by atoms with Crippen LogP contribution in [0, 0.1) is 5.41 Å². The predicted molar refractivity (Wildman–Crippen MR) is 121 cm³/mol. The second kappa shape index (κ2) is 6.54. The molecule has 1 aromatic carbocycles. The number of hydrogen-bond donors (Lipinski definition) is 1. The summed E-state index contributed by atoms with van der Waals surface area (Å²) in [5, 5.41) is 13.8. The number of rotatable bonds is 2. The summed E-state index contributed by atoms with van der Waals surface area (Å²) < 4.78 is 2.04. The fourth-order valence-corrected chi connectivity index (χ4v) is 5.55. The SMILES string of the molecule is CC(C)(C)[C@@H]1CC2=C(Cc3c2cccc3-c2ccsc2)c2cc(=O)c(C(=O)O)cn21. The number of aromatic nitrogens is 1. The van der Waals surface area contributed by atoms with Gasteiger partial charge in [-0.1, -0.05) is 39.0 Å². The largest absolute Gasteiger partial charge is 0.477 e. The van der Waals surface area contributed by atoms with Crippen LogP contribution in [0.5, 0.6) is 0 Å². The Morgan fingerprint density at radius 2 is 1.93 bits per heavy atom. The van der Waals surface area contributed by atoms with Gasteiger partial charge in [-0.3, -0.25) is 4.79 Å². The lowest BCUT2D eigenvalue weighted by molar-refractivity contribution is 0.0693. The third-order valence-corrected chi connectivity index (χ3v) is 7.09. The number of nitrogens with zero attached hydrogens (tertiary/aromatic N) is 1. The van der Waals surface area contributed by atoms with Gasteiger partial charge in [-0.15, -0.1) is 0 Å². The van der Waals surface area contributed by atoms with Crippen molar-refractivity contribution in [3.05, 3.63) is 79.9 Å². The number of carboxylic acid groups (broad SMARTS) is 1. The molecule has 0 fully saturated rings. The van der Waals surface area contributed by atoms with Crippen LogP contribution in [0.3, 0.4) is 0 Å². The van der Waals surface area contributed by atoms with E-state index in [9.17, 15) is 14.7 Å². The number of pyridine rings is 1. The molecule has 4 nitrogen and oxygen atoms in total. The Kier molecular flexibility index (Phi) is 4.16. The van der Waals surface area contributed by atoms with E-state index in [1.165, 1.54) is 33.9 Å².